The maximum absolute atomic E-state index is 12.8. The van der Waals surface area contributed by atoms with E-state index in [1.54, 1.807) is 6.07 Å². The molecule has 0 heterocycles. The molecule has 0 aliphatic heterocycles. The largest absolute Gasteiger partial charge is 0.490 e. The Morgan fingerprint density at radius 2 is 1.47 bits per heavy atom. The minimum absolute atomic E-state index is 0.212. The van der Waals surface area contributed by atoms with E-state index in [9.17, 15) is 4.79 Å². The molecule has 0 atom stereocenters. The van der Waals surface area contributed by atoms with E-state index < -0.39 is 0 Å². The minimum Gasteiger partial charge on any atom is -0.490 e. The van der Waals surface area contributed by atoms with Gasteiger partial charge < -0.3 is 9.47 Å². The quantitative estimate of drug-likeness (QED) is 0.538. The predicted molar refractivity (Wildman–Crippen MR) is 116 cm³/mol. The van der Waals surface area contributed by atoms with Crippen molar-refractivity contribution in [2.45, 2.75) is 32.1 Å². The number of ether oxygens (including phenoxy) is 2. The van der Waals surface area contributed by atoms with E-state index in [4.69, 9.17) is 9.47 Å². The lowest BCUT2D eigenvalue weighted by molar-refractivity contribution is 0.0937. The zero-order valence-electron chi connectivity index (χ0n) is 17.1. The molecular formula is C25H28N2O3. The van der Waals surface area contributed by atoms with Gasteiger partial charge in [-0.15, -0.1) is 0 Å². The topological polar surface area (TPSA) is 59.9 Å². The van der Waals surface area contributed by atoms with E-state index in [2.05, 4.69) is 10.5 Å². The highest BCUT2D eigenvalue weighted by Gasteiger charge is 2.46. The first-order valence-electron chi connectivity index (χ1n) is 11.0. The van der Waals surface area contributed by atoms with E-state index >= 15 is 0 Å². The van der Waals surface area contributed by atoms with Crippen molar-refractivity contribution < 1.29 is 14.3 Å². The van der Waals surface area contributed by atoms with Crippen molar-refractivity contribution in [1.29, 1.82) is 0 Å². The Bertz CT molecular complexity index is 895. The first-order valence-corrected chi connectivity index (χ1v) is 11.0. The molecule has 6 rings (SSSR count). The number of hydrogen-bond donors (Lipinski definition) is 1. The molecule has 4 fully saturated rings. The van der Waals surface area contributed by atoms with Crippen molar-refractivity contribution in [2.75, 3.05) is 13.2 Å². The molecule has 0 spiro atoms. The van der Waals surface area contributed by atoms with Crippen LogP contribution in [-0.2, 0) is 0 Å². The highest BCUT2D eigenvalue weighted by Crippen LogP contribution is 2.52. The second-order valence-electron chi connectivity index (χ2n) is 8.79. The molecule has 5 nitrogen and oxygen atoms in total. The summed E-state index contributed by atoms with van der Waals surface area (Å²) >= 11 is 0. The number of nitrogens with one attached hydrogen (secondary N) is 1. The van der Waals surface area contributed by atoms with Crippen molar-refractivity contribution in [1.82, 2.24) is 5.43 Å². The van der Waals surface area contributed by atoms with E-state index in [1.165, 1.54) is 37.8 Å². The fourth-order valence-electron chi connectivity index (χ4n) is 5.63. The first-order chi connectivity index (χ1) is 14.8. The lowest BCUT2D eigenvalue weighted by atomic mass is 9.55. The fourth-order valence-corrected chi connectivity index (χ4v) is 5.63. The lowest BCUT2D eigenvalue weighted by Crippen LogP contribution is -2.46. The number of hydrazone groups is 1. The van der Waals surface area contributed by atoms with Crippen LogP contribution >= 0.6 is 0 Å². The van der Waals surface area contributed by atoms with Crippen LogP contribution in [0.3, 0.4) is 0 Å². The molecule has 2 aromatic carbocycles. The molecule has 0 saturated heterocycles. The molecular weight excluding hydrogens is 376 g/mol. The number of carbonyl (C=O) groups is 1. The molecule has 0 unspecified atom stereocenters. The zero-order chi connectivity index (χ0) is 20.3. The normalized spacial score (nSPS) is 26.3. The number of amides is 1. The third kappa shape index (κ3) is 4.07. The number of hydrogen-bond acceptors (Lipinski definition) is 4. The molecule has 4 aliphatic rings. The average Bonchev–Trinajstić information content (AvgIpc) is 2.76. The smallest absolute Gasteiger partial charge is 0.275 e. The number of nitrogens with zero attached hydrogens (tertiary/aromatic N) is 1. The molecule has 0 aromatic heterocycles. The minimum atomic E-state index is -0.212. The Hall–Kier alpha value is -2.82. The second-order valence-corrected chi connectivity index (χ2v) is 8.79. The van der Waals surface area contributed by atoms with Crippen molar-refractivity contribution >= 4 is 11.6 Å². The summed E-state index contributed by atoms with van der Waals surface area (Å²) < 4.78 is 11.5. The van der Waals surface area contributed by atoms with Crippen LogP contribution in [-0.4, -0.2) is 24.8 Å². The van der Waals surface area contributed by atoms with Crippen LogP contribution in [0.25, 0.3) is 0 Å². The summed E-state index contributed by atoms with van der Waals surface area (Å²) in [5, 5.41) is 4.61. The first kappa shape index (κ1) is 19.2. The van der Waals surface area contributed by atoms with E-state index in [1.807, 2.05) is 48.5 Å². The fraction of sp³-hybridized carbons (Fsp3) is 0.440. The highest BCUT2D eigenvalue weighted by molar-refractivity contribution is 5.98. The van der Waals surface area contributed by atoms with E-state index in [0.717, 1.165) is 17.6 Å². The number of benzene rings is 2. The third-order valence-corrected chi connectivity index (χ3v) is 6.75. The van der Waals surface area contributed by atoms with Crippen LogP contribution < -0.4 is 14.9 Å². The van der Waals surface area contributed by atoms with Crippen LogP contribution in [0.15, 0.2) is 59.7 Å². The van der Waals surface area contributed by atoms with Crippen molar-refractivity contribution in [2.24, 2.45) is 28.8 Å². The maximum Gasteiger partial charge on any atom is 0.275 e. The zero-order valence-corrected chi connectivity index (χ0v) is 17.1. The Labute approximate surface area is 177 Å². The molecule has 30 heavy (non-hydrogen) atoms. The molecule has 5 heteroatoms. The number of para-hydroxylation sites is 2. The third-order valence-electron chi connectivity index (χ3n) is 6.75. The van der Waals surface area contributed by atoms with E-state index in [0.29, 0.717) is 36.4 Å². The molecule has 4 aliphatic carbocycles. The predicted octanol–water partition coefficient (Wildman–Crippen LogP) is 4.69. The van der Waals surface area contributed by atoms with Crippen LogP contribution in [0.5, 0.6) is 11.5 Å². The van der Waals surface area contributed by atoms with Crippen molar-refractivity contribution in [3.63, 3.8) is 0 Å². The van der Waals surface area contributed by atoms with Crippen LogP contribution in [0.1, 0.15) is 42.5 Å². The van der Waals surface area contributed by atoms with Crippen LogP contribution in [0.2, 0.25) is 0 Å². The summed E-state index contributed by atoms with van der Waals surface area (Å²) in [6.45, 7) is 0.772. The Balaban J connectivity index is 1.19. The van der Waals surface area contributed by atoms with Crippen LogP contribution in [0, 0.1) is 23.7 Å². The molecule has 4 bridgehead atoms. The van der Waals surface area contributed by atoms with Gasteiger partial charge >= 0.3 is 0 Å². The molecule has 156 valence electrons. The van der Waals surface area contributed by atoms with Gasteiger partial charge in [-0.2, -0.15) is 5.10 Å². The average molecular weight is 405 g/mol. The summed E-state index contributed by atoms with van der Waals surface area (Å²) in [5.74, 6) is 4.06. The Kier molecular flexibility index (Phi) is 5.43. The van der Waals surface area contributed by atoms with Crippen molar-refractivity contribution in [3.8, 4) is 11.5 Å². The standard InChI is InChI=1S/C25H28N2O3/c28-25(27-26-24-19-13-17-12-18(15-19)16-20(24)14-17)22-8-4-5-9-23(22)30-11-10-29-21-6-2-1-3-7-21/h1-9,17-20H,10-16H2,(H,27,28). The van der Waals surface area contributed by atoms with Gasteiger partial charge in [-0.3, -0.25) is 4.79 Å². The van der Waals surface area contributed by atoms with Gasteiger partial charge in [-0.05, 0) is 80.0 Å². The Morgan fingerprint density at radius 3 is 2.20 bits per heavy atom. The summed E-state index contributed by atoms with van der Waals surface area (Å²) in [6, 6.07) is 16.9. The maximum atomic E-state index is 12.8. The van der Waals surface area contributed by atoms with Gasteiger partial charge in [-0.25, -0.2) is 5.43 Å². The van der Waals surface area contributed by atoms with Gasteiger partial charge in [0.05, 0.1) is 5.56 Å². The van der Waals surface area contributed by atoms with Gasteiger partial charge in [0.1, 0.15) is 24.7 Å². The Morgan fingerprint density at radius 1 is 0.833 bits per heavy atom. The summed E-state index contributed by atoms with van der Waals surface area (Å²) in [6.07, 6.45) is 6.42. The molecule has 0 radical (unpaired) electrons. The number of rotatable bonds is 7. The van der Waals surface area contributed by atoms with Gasteiger partial charge in [0.25, 0.3) is 5.91 Å². The highest BCUT2D eigenvalue weighted by atomic mass is 16.5. The summed E-state index contributed by atoms with van der Waals surface area (Å²) in [5.41, 5.74) is 4.55. The SMILES string of the molecule is O=C(NN=C1C2CC3CC(C2)CC1C3)c1ccccc1OCCOc1ccccc1. The molecule has 2 aromatic rings. The van der Waals surface area contributed by atoms with E-state index in [-0.39, 0.29) is 5.91 Å². The number of carbonyl (C=O) groups excluding carboxylic acids is 1. The van der Waals surface area contributed by atoms with Gasteiger partial charge in [0.2, 0.25) is 0 Å². The van der Waals surface area contributed by atoms with Gasteiger partial charge in [-0.1, -0.05) is 30.3 Å². The lowest BCUT2D eigenvalue weighted by Gasteiger charge is -2.50. The van der Waals surface area contributed by atoms with Crippen molar-refractivity contribution in [3.05, 3.63) is 60.2 Å². The molecule has 1 amide bonds. The van der Waals surface area contributed by atoms with Gasteiger partial charge in [0, 0.05) is 5.71 Å². The van der Waals surface area contributed by atoms with Crippen LogP contribution in [0.4, 0.5) is 0 Å². The summed E-state index contributed by atoms with van der Waals surface area (Å²) in [7, 11) is 0. The molecule has 1 N–H and O–H groups in total. The second kappa shape index (κ2) is 8.50. The summed E-state index contributed by atoms with van der Waals surface area (Å²) in [4.78, 5) is 12.8. The molecule has 4 saturated carbocycles. The monoisotopic (exact) mass is 404 g/mol. The van der Waals surface area contributed by atoms with Gasteiger partial charge in [0.15, 0.2) is 0 Å².